The fourth-order valence-corrected chi connectivity index (χ4v) is 4.74. The first-order valence-corrected chi connectivity index (χ1v) is 12.2. The summed E-state index contributed by atoms with van der Waals surface area (Å²) in [7, 11) is 0. The molecule has 0 saturated carbocycles. The number of benzene rings is 2. The van der Waals surface area contributed by atoms with Gasteiger partial charge >= 0.3 is 5.97 Å². The van der Waals surface area contributed by atoms with Gasteiger partial charge < -0.3 is 9.47 Å². The molecule has 2 unspecified atom stereocenters. The summed E-state index contributed by atoms with van der Waals surface area (Å²) in [6.45, 7) is 7.39. The molecule has 2 aromatic carbocycles. The van der Waals surface area contributed by atoms with Gasteiger partial charge in [0.15, 0.2) is 6.10 Å². The zero-order chi connectivity index (χ0) is 23.5. The summed E-state index contributed by atoms with van der Waals surface area (Å²) in [5.74, 6) is -0.0496. The molecular formula is C26H28N2O4S. The standard InChI is InChI=1S/C26H28N2O4S/c1-5-20(26(30)31-16(3)4)28-21-14-18(12-13-23(21)32-22(6-2)25(28)29)19-15-33-24(27-19)17-10-8-7-9-11-17/h7-16,20,22H,5-6H2,1-4H3. The number of carbonyl (C=O) groups excluding carboxylic acids is 2. The first-order chi connectivity index (χ1) is 15.9. The van der Waals surface area contributed by atoms with Gasteiger partial charge in [-0.2, -0.15) is 0 Å². The molecule has 1 amide bonds. The van der Waals surface area contributed by atoms with Crippen LogP contribution >= 0.6 is 11.3 Å². The van der Waals surface area contributed by atoms with E-state index in [9.17, 15) is 9.59 Å². The number of rotatable bonds is 7. The Labute approximate surface area is 198 Å². The van der Waals surface area contributed by atoms with E-state index in [4.69, 9.17) is 14.5 Å². The van der Waals surface area contributed by atoms with Crippen LogP contribution in [0.4, 0.5) is 5.69 Å². The Bertz CT molecular complexity index is 1140. The molecule has 6 nitrogen and oxygen atoms in total. The van der Waals surface area contributed by atoms with Crippen molar-refractivity contribution in [2.24, 2.45) is 0 Å². The molecule has 2 heterocycles. The average Bonchev–Trinajstić information content (AvgIpc) is 3.31. The summed E-state index contributed by atoms with van der Waals surface area (Å²) in [4.78, 5) is 32.6. The van der Waals surface area contributed by atoms with Crippen LogP contribution < -0.4 is 9.64 Å². The van der Waals surface area contributed by atoms with E-state index in [1.807, 2.05) is 67.8 Å². The summed E-state index contributed by atoms with van der Waals surface area (Å²) < 4.78 is 11.5. The third-order valence-electron chi connectivity index (χ3n) is 5.51. The molecule has 1 aliphatic heterocycles. The van der Waals surface area contributed by atoms with Crippen LogP contribution in [0.1, 0.15) is 40.5 Å². The van der Waals surface area contributed by atoms with Crippen LogP contribution in [0, 0.1) is 0 Å². The topological polar surface area (TPSA) is 68.7 Å². The predicted octanol–water partition coefficient (Wildman–Crippen LogP) is 5.71. The molecule has 1 aliphatic rings. The third kappa shape index (κ3) is 4.64. The monoisotopic (exact) mass is 464 g/mol. The van der Waals surface area contributed by atoms with Crippen molar-refractivity contribution in [1.29, 1.82) is 0 Å². The average molecular weight is 465 g/mol. The minimum atomic E-state index is -0.720. The first-order valence-electron chi connectivity index (χ1n) is 11.3. The van der Waals surface area contributed by atoms with E-state index in [1.165, 1.54) is 0 Å². The van der Waals surface area contributed by atoms with E-state index in [0.717, 1.165) is 21.8 Å². The Hall–Kier alpha value is -3.19. The zero-order valence-electron chi connectivity index (χ0n) is 19.3. The summed E-state index contributed by atoms with van der Waals surface area (Å²) in [6, 6.07) is 15.0. The van der Waals surface area contributed by atoms with Crippen molar-refractivity contribution in [1.82, 2.24) is 4.98 Å². The second-order valence-corrected chi connectivity index (χ2v) is 9.08. The van der Waals surface area contributed by atoms with Gasteiger partial charge in [0.1, 0.15) is 16.8 Å². The Morgan fingerprint density at radius 1 is 1.15 bits per heavy atom. The van der Waals surface area contributed by atoms with Gasteiger partial charge in [-0.25, -0.2) is 9.78 Å². The second kappa shape index (κ2) is 9.75. The lowest BCUT2D eigenvalue weighted by Crippen LogP contribution is -2.53. The van der Waals surface area contributed by atoms with E-state index in [-0.39, 0.29) is 12.0 Å². The Morgan fingerprint density at radius 3 is 2.58 bits per heavy atom. The first kappa shape index (κ1) is 23.0. The number of thiazole rings is 1. The smallest absolute Gasteiger partial charge is 0.329 e. The van der Waals surface area contributed by atoms with Gasteiger partial charge in [0.25, 0.3) is 5.91 Å². The molecule has 172 valence electrons. The Balaban J connectivity index is 1.74. The van der Waals surface area contributed by atoms with Crippen LogP contribution in [0.3, 0.4) is 0 Å². The number of ether oxygens (including phenoxy) is 2. The number of hydrogen-bond donors (Lipinski definition) is 0. The minimum Gasteiger partial charge on any atom is -0.478 e. The molecule has 2 atom stereocenters. The van der Waals surface area contributed by atoms with E-state index in [0.29, 0.717) is 24.3 Å². The van der Waals surface area contributed by atoms with Gasteiger partial charge in [-0.05, 0) is 44.9 Å². The molecule has 0 fully saturated rings. The molecular weight excluding hydrogens is 436 g/mol. The third-order valence-corrected chi connectivity index (χ3v) is 6.41. The lowest BCUT2D eigenvalue weighted by Gasteiger charge is -2.38. The zero-order valence-corrected chi connectivity index (χ0v) is 20.1. The molecule has 33 heavy (non-hydrogen) atoms. The molecule has 0 spiro atoms. The van der Waals surface area contributed by atoms with Crippen molar-refractivity contribution >= 4 is 28.9 Å². The van der Waals surface area contributed by atoms with Crippen LogP contribution in [0.15, 0.2) is 53.9 Å². The van der Waals surface area contributed by atoms with Crippen molar-refractivity contribution < 1.29 is 19.1 Å². The van der Waals surface area contributed by atoms with Crippen LogP contribution in [0.5, 0.6) is 5.75 Å². The van der Waals surface area contributed by atoms with E-state index >= 15 is 0 Å². The highest BCUT2D eigenvalue weighted by atomic mass is 32.1. The van der Waals surface area contributed by atoms with Crippen LogP contribution in [-0.4, -0.2) is 35.1 Å². The van der Waals surface area contributed by atoms with Crippen LogP contribution in [0.25, 0.3) is 21.8 Å². The fraction of sp³-hybridized carbons (Fsp3) is 0.346. The molecule has 0 saturated heterocycles. The number of fused-ring (bicyclic) bond motifs is 1. The van der Waals surface area contributed by atoms with Crippen LogP contribution in [0.2, 0.25) is 0 Å². The van der Waals surface area contributed by atoms with E-state index in [2.05, 4.69) is 0 Å². The molecule has 0 aliphatic carbocycles. The summed E-state index contributed by atoms with van der Waals surface area (Å²) in [5.41, 5.74) is 3.30. The number of aromatic nitrogens is 1. The van der Waals surface area contributed by atoms with Gasteiger partial charge in [0.2, 0.25) is 0 Å². The molecule has 0 radical (unpaired) electrons. The fourth-order valence-electron chi connectivity index (χ4n) is 3.91. The molecule has 7 heteroatoms. The summed E-state index contributed by atoms with van der Waals surface area (Å²) in [5, 5.41) is 2.92. The highest BCUT2D eigenvalue weighted by Crippen LogP contribution is 2.40. The van der Waals surface area contributed by atoms with Gasteiger partial charge in [-0.15, -0.1) is 11.3 Å². The van der Waals surface area contributed by atoms with Gasteiger partial charge in [0, 0.05) is 16.5 Å². The lowest BCUT2D eigenvalue weighted by atomic mass is 10.0. The van der Waals surface area contributed by atoms with Crippen molar-refractivity contribution in [3.63, 3.8) is 0 Å². The number of amides is 1. The number of hydrogen-bond acceptors (Lipinski definition) is 6. The number of anilines is 1. The van der Waals surface area contributed by atoms with Crippen molar-refractivity contribution in [3.8, 4) is 27.6 Å². The van der Waals surface area contributed by atoms with E-state index in [1.54, 1.807) is 30.1 Å². The van der Waals surface area contributed by atoms with E-state index < -0.39 is 18.1 Å². The number of nitrogens with zero attached hydrogens (tertiary/aromatic N) is 2. The SMILES string of the molecule is CCC1Oc2ccc(-c3csc(-c4ccccc4)n3)cc2N(C(CC)C(=O)OC(C)C)C1=O. The van der Waals surface area contributed by atoms with Crippen molar-refractivity contribution in [2.75, 3.05) is 4.90 Å². The van der Waals surface area contributed by atoms with Gasteiger partial charge in [0.05, 0.1) is 17.5 Å². The highest BCUT2D eigenvalue weighted by molar-refractivity contribution is 7.13. The highest BCUT2D eigenvalue weighted by Gasteiger charge is 2.40. The largest absolute Gasteiger partial charge is 0.478 e. The van der Waals surface area contributed by atoms with Crippen molar-refractivity contribution in [3.05, 3.63) is 53.9 Å². The molecule has 4 rings (SSSR count). The Morgan fingerprint density at radius 2 is 1.91 bits per heavy atom. The predicted molar refractivity (Wildman–Crippen MR) is 130 cm³/mol. The molecule has 0 bridgehead atoms. The maximum absolute atomic E-state index is 13.3. The molecule has 0 N–H and O–H groups in total. The maximum Gasteiger partial charge on any atom is 0.329 e. The van der Waals surface area contributed by atoms with Crippen molar-refractivity contribution in [2.45, 2.75) is 58.8 Å². The number of carbonyl (C=O) groups is 2. The Kier molecular flexibility index (Phi) is 6.79. The quantitative estimate of drug-likeness (QED) is 0.419. The minimum absolute atomic E-state index is 0.224. The molecule has 1 aromatic heterocycles. The number of esters is 1. The summed E-state index contributed by atoms with van der Waals surface area (Å²) in [6.07, 6.45) is 0.0559. The van der Waals surface area contributed by atoms with Crippen LogP contribution in [-0.2, 0) is 14.3 Å². The maximum atomic E-state index is 13.3. The molecule has 3 aromatic rings. The normalized spacial score (nSPS) is 16.3. The van der Waals surface area contributed by atoms with Gasteiger partial charge in [-0.1, -0.05) is 44.2 Å². The van der Waals surface area contributed by atoms with Gasteiger partial charge in [-0.3, -0.25) is 9.69 Å². The second-order valence-electron chi connectivity index (χ2n) is 8.22. The summed E-state index contributed by atoms with van der Waals surface area (Å²) >= 11 is 1.57. The lowest BCUT2D eigenvalue weighted by molar-refractivity contribution is -0.150.